The zero-order valence-electron chi connectivity index (χ0n) is 14.7. The second-order valence-electron chi connectivity index (χ2n) is 5.88. The van der Waals surface area contributed by atoms with Gasteiger partial charge in [0.05, 0.1) is 13.2 Å². The van der Waals surface area contributed by atoms with Crippen LogP contribution in [0, 0.1) is 11.3 Å². The van der Waals surface area contributed by atoms with E-state index in [1.807, 2.05) is 6.07 Å². The SMILES string of the molecule is COc1cccc(-c2c(C(=O)O)c(=O)n(CCCC#N)c3ncccc23)c1. The molecule has 0 saturated heterocycles. The van der Waals surface area contributed by atoms with Crippen LogP contribution in [0.2, 0.25) is 0 Å². The number of fused-ring (bicyclic) bond motifs is 1. The molecule has 0 radical (unpaired) electrons. The molecule has 3 aromatic rings. The number of carbonyl (C=O) groups is 1. The monoisotopic (exact) mass is 363 g/mol. The Bertz CT molecular complexity index is 1110. The second kappa shape index (κ2) is 7.70. The van der Waals surface area contributed by atoms with Crippen LogP contribution in [0.1, 0.15) is 23.2 Å². The topological polar surface area (TPSA) is 105 Å². The molecule has 136 valence electrons. The first-order chi connectivity index (χ1) is 13.1. The number of hydrogen-bond acceptors (Lipinski definition) is 5. The predicted molar refractivity (Wildman–Crippen MR) is 99.8 cm³/mol. The van der Waals surface area contributed by atoms with Crippen LogP contribution in [-0.4, -0.2) is 27.7 Å². The summed E-state index contributed by atoms with van der Waals surface area (Å²) < 4.78 is 6.56. The molecule has 1 aromatic carbocycles. The number of hydrogen-bond donors (Lipinski definition) is 1. The molecule has 0 saturated carbocycles. The number of rotatable bonds is 6. The summed E-state index contributed by atoms with van der Waals surface area (Å²) in [5, 5.41) is 19.1. The Hall–Kier alpha value is -3.66. The minimum absolute atomic E-state index is 0.221. The Morgan fingerprint density at radius 2 is 2.15 bits per heavy atom. The molecule has 0 unspecified atom stereocenters. The van der Waals surface area contributed by atoms with Gasteiger partial charge in [-0.15, -0.1) is 0 Å². The van der Waals surface area contributed by atoms with E-state index < -0.39 is 11.5 Å². The highest BCUT2D eigenvalue weighted by atomic mass is 16.5. The number of unbranched alkanes of at least 4 members (excludes halogenated alkanes) is 1. The maximum Gasteiger partial charge on any atom is 0.342 e. The Labute approximate surface area is 155 Å². The van der Waals surface area contributed by atoms with Gasteiger partial charge in [-0.2, -0.15) is 5.26 Å². The van der Waals surface area contributed by atoms with Gasteiger partial charge in [-0.05, 0) is 36.2 Å². The van der Waals surface area contributed by atoms with Crippen molar-refractivity contribution in [2.45, 2.75) is 19.4 Å². The summed E-state index contributed by atoms with van der Waals surface area (Å²) in [7, 11) is 1.52. The Morgan fingerprint density at radius 1 is 1.33 bits per heavy atom. The number of aromatic carboxylic acids is 1. The third-order valence-electron chi connectivity index (χ3n) is 4.26. The summed E-state index contributed by atoms with van der Waals surface area (Å²) in [6.07, 6.45) is 2.25. The molecule has 7 nitrogen and oxygen atoms in total. The number of ether oxygens (including phenoxy) is 1. The molecule has 0 aliphatic heterocycles. The molecule has 27 heavy (non-hydrogen) atoms. The van der Waals surface area contributed by atoms with Crippen molar-refractivity contribution in [2.75, 3.05) is 7.11 Å². The standard InChI is InChI=1S/C20H17N3O4/c1-27-14-7-4-6-13(12-14)16-15-8-5-10-22-18(15)23(11-3-2-9-21)19(24)17(16)20(25)26/h4-8,10,12H,2-3,11H2,1H3,(H,25,26). The molecular weight excluding hydrogens is 346 g/mol. The highest BCUT2D eigenvalue weighted by molar-refractivity contribution is 6.05. The van der Waals surface area contributed by atoms with Gasteiger partial charge in [-0.25, -0.2) is 9.78 Å². The minimum Gasteiger partial charge on any atom is -0.497 e. The number of methoxy groups -OCH3 is 1. The first kappa shape index (κ1) is 18.1. The number of aromatic nitrogens is 2. The van der Waals surface area contributed by atoms with E-state index in [4.69, 9.17) is 10.00 Å². The smallest absolute Gasteiger partial charge is 0.342 e. The normalized spacial score (nSPS) is 10.5. The average molecular weight is 363 g/mol. The number of carboxylic acid groups (broad SMARTS) is 1. The summed E-state index contributed by atoms with van der Waals surface area (Å²) in [5.41, 5.74) is 0.311. The number of nitriles is 1. The fraction of sp³-hybridized carbons (Fsp3) is 0.200. The number of pyridine rings is 2. The molecule has 2 aromatic heterocycles. The zero-order chi connectivity index (χ0) is 19.4. The lowest BCUT2D eigenvalue weighted by molar-refractivity contribution is 0.0695. The number of carboxylic acids is 1. The average Bonchev–Trinajstić information content (AvgIpc) is 2.68. The molecule has 2 heterocycles. The molecule has 3 rings (SSSR count). The Kier molecular flexibility index (Phi) is 5.18. The molecule has 1 N–H and O–H groups in total. The van der Waals surface area contributed by atoms with Crippen LogP contribution in [0.5, 0.6) is 5.75 Å². The van der Waals surface area contributed by atoms with E-state index >= 15 is 0 Å². The Morgan fingerprint density at radius 3 is 2.85 bits per heavy atom. The van der Waals surface area contributed by atoms with Crippen LogP contribution >= 0.6 is 0 Å². The summed E-state index contributed by atoms with van der Waals surface area (Å²) in [6.45, 7) is 0.221. The van der Waals surface area contributed by atoms with Crippen molar-refractivity contribution < 1.29 is 14.6 Å². The van der Waals surface area contributed by atoms with Crippen LogP contribution in [0.3, 0.4) is 0 Å². The van der Waals surface area contributed by atoms with Crippen molar-refractivity contribution in [1.29, 1.82) is 5.26 Å². The van der Waals surface area contributed by atoms with E-state index in [0.29, 0.717) is 34.3 Å². The molecule has 0 aliphatic rings. The Balaban J connectivity index is 2.38. The fourth-order valence-corrected chi connectivity index (χ4v) is 3.08. The lowest BCUT2D eigenvalue weighted by Crippen LogP contribution is -2.28. The summed E-state index contributed by atoms with van der Waals surface area (Å²) >= 11 is 0. The van der Waals surface area contributed by atoms with Crippen molar-refractivity contribution in [2.24, 2.45) is 0 Å². The maximum atomic E-state index is 13.0. The van der Waals surface area contributed by atoms with Crippen LogP contribution in [0.15, 0.2) is 47.4 Å². The number of aryl methyl sites for hydroxylation is 1. The van der Waals surface area contributed by atoms with Gasteiger partial charge in [0.15, 0.2) is 0 Å². The summed E-state index contributed by atoms with van der Waals surface area (Å²) in [6, 6.07) is 12.4. The molecule has 0 atom stereocenters. The maximum absolute atomic E-state index is 13.0. The van der Waals surface area contributed by atoms with Crippen LogP contribution in [-0.2, 0) is 6.54 Å². The number of benzene rings is 1. The van der Waals surface area contributed by atoms with Crippen molar-refractivity contribution in [3.8, 4) is 22.9 Å². The second-order valence-corrected chi connectivity index (χ2v) is 5.88. The van der Waals surface area contributed by atoms with E-state index in [2.05, 4.69) is 4.98 Å². The van der Waals surface area contributed by atoms with Gasteiger partial charge in [0.25, 0.3) is 5.56 Å². The zero-order valence-corrected chi connectivity index (χ0v) is 14.7. The van der Waals surface area contributed by atoms with Gasteiger partial charge in [-0.1, -0.05) is 12.1 Å². The lowest BCUT2D eigenvalue weighted by Gasteiger charge is -2.16. The first-order valence-electron chi connectivity index (χ1n) is 8.34. The summed E-state index contributed by atoms with van der Waals surface area (Å²) in [4.78, 5) is 29.3. The van der Waals surface area contributed by atoms with Crippen molar-refractivity contribution in [3.63, 3.8) is 0 Å². The third kappa shape index (κ3) is 3.37. The predicted octanol–water partition coefficient (Wildman–Crippen LogP) is 3.07. The van der Waals surface area contributed by atoms with Gasteiger partial charge < -0.3 is 9.84 Å². The molecule has 0 fully saturated rings. The van der Waals surface area contributed by atoms with Gasteiger partial charge in [0, 0.05) is 30.1 Å². The van der Waals surface area contributed by atoms with Gasteiger partial charge in [0.1, 0.15) is 17.0 Å². The van der Waals surface area contributed by atoms with Gasteiger partial charge in [0.2, 0.25) is 0 Å². The van der Waals surface area contributed by atoms with Crippen LogP contribution in [0.25, 0.3) is 22.2 Å². The van der Waals surface area contributed by atoms with E-state index in [1.165, 1.54) is 11.7 Å². The van der Waals surface area contributed by atoms with Gasteiger partial charge in [-0.3, -0.25) is 9.36 Å². The largest absolute Gasteiger partial charge is 0.497 e. The summed E-state index contributed by atoms with van der Waals surface area (Å²) in [5.74, 6) is -0.753. The molecule has 0 bridgehead atoms. The molecule has 0 aliphatic carbocycles. The van der Waals surface area contributed by atoms with Crippen molar-refractivity contribution >= 4 is 17.0 Å². The lowest BCUT2D eigenvalue weighted by atomic mass is 9.97. The van der Waals surface area contributed by atoms with Crippen molar-refractivity contribution in [3.05, 3.63) is 58.5 Å². The van der Waals surface area contributed by atoms with E-state index in [1.54, 1.807) is 42.6 Å². The van der Waals surface area contributed by atoms with Gasteiger partial charge >= 0.3 is 5.97 Å². The molecule has 0 amide bonds. The molecular formula is C20H17N3O4. The third-order valence-corrected chi connectivity index (χ3v) is 4.26. The quantitative estimate of drug-likeness (QED) is 0.675. The molecule has 7 heteroatoms. The minimum atomic E-state index is -1.31. The first-order valence-corrected chi connectivity index (χ1v) is 8.34. The van der Waals surface area contributed by atoms with Crippen molar-refractivity contribution in [1.82, 2.24) is 9.55 Å². The van der Waals surface area contributed by atoms with Crippen LogP contribution in [0.4, 0.5) is 0 Å². The van der Waals surface area contributed by atoms with Crippen LogP contribution < -0.4 is 10.3 Å². The highest BCUT2D eigenvalue weighted by Gasteiger charge is 2.23. The van der Waals surface area contributed by atoms with E-state index in [9.17, 15) is 14.7 Å². The van der Waals surface area contributed by atoms with E-state index in [0.717, 1.165) is 0 Å². The van der Waals surface area contributed by atoms with E-state index in [-0.39, 0.29) is 18.5 Å². The fourth-order valence-electron chi connectivity index (χ4n) is 3.08. The molecule has 0 spiro atoms. The highest BCUT2D eigenvalue weighted by Crippen LogP contribution is 2.32. The number of nitrogens with zero attached hydrogens (tertiary/aromatic N) is 3.